The van der Waals surface area contributed by atoms with E-state index >= 15 is 0 Å². The summed E-state index contributed by atoms with van der Waals surface area (Å²) in [5, 5.41) is 6.23. The van der Waals surface area contributed by atoms with E-state index in [4.69, 9.17) is 0 Å². The number of pyridine rings is 1. The second-order valence-corrected chi connectivity index (χ2v) is 7.28. The topological polar surface area (TPSA) is 54.0 Å². The van der Waals surface area contributed by atoms with Crippen LogP contribution in [-0.4, -0.2) is 24.0 Å². The Hall–Kier alpha value is -3.19. The van der Waals surface area contributed by atoms with Crippen molar-refractivity contribution in [1.29, 1.82) is 0 Å². The predicted octanol–water partition coefficient (Wildman–Crippen LogP) is 4.71. The van der Waals surface area contributed by atoms with Crippen LogP contribution in [0.25, 0.3) is 11.1 Å². The largest absolute Gasteiger partial charge is 0.433 e. The van der Waals surface area contributed by atoms with Gasteiger partial charge in [-0.2, -0.15) is 13.2 Å². The van der Waals surface area contributed by atoms with Crippen molar-refractivity contribution >= 4 is 11.6 Å². The van der Waals surface area contributed by atoms with Crippen LogP contribution < -0.4 is 10.6 Å². The van der Waals surface area contributed by atoms with Crippen molar-refractivity contribution in [3.63, 3.8) is 0 Å². The van der Waals surface area contributed by atoms with Gasteiger partial charge in [0.05, 0.1) is 5.92 Å². The zero-order valence-electron chi connectivity index (χ0n) is 16.0. The number of halogens is 3. The van der Waals surface area contributed by atoms with E-state index in [2.05, 4.69) is 15.6 Å². The molecule has 0 radical (unpaired) electrons. The van der Waals surface area contributed by atoms with Crippen molar-refractivity contribution in [2.24, 2.45) is 5.92 Å². The average Bonchev–Trinajstić information content (AvgIpc) is 3.25. The monoisotopic (exact) mass is 411 g/mol. The van der Waals surface area contributed by atoms with Crippen LogP contribution in [0, 0.1) is 5.92 Å². The highest BCUT2D eigenvalue weighted by molar-refractivity contribution is 5.94. The number of aromatic nitrogens is 1. The molecule has 2 unspecified atom stereocenters. The lowest BCUT2D eigenvalue weighted by atomic mass is 9.88. The van der Waals surface area contributed by atoms with Crippen molar-refractivity contribution in [1.82, 2.24) is 10.3 Å². The van der Waals surface area contributed by atoms with Crippen molar-refractivity contribution in [3.05, 3.63) is 84.2 Å². The van der Waals surface area contributed by atoms with Crippen LogP contribution in [0.5, 0.6) is 0 Å². The third-order valence-corrected chi connectivity index (χ3v) is 5.32. The van der Waals surface area contributed by atoms with Crippen LogP contribution in [0.1, 0.15) is 17.2 Å². The van der Waals surface area contributed by atoms with Gasteiger partial charge in [-0.05, 0) is 29.3 Å². The molecule has 0 aliphatic carbocycles. The lowest BCUT2D eigenvalue weighted by molar-refractivity contribution is -0.141. The summed E-state index contributed by atoms with van der Waals surface area (Å²) in [7, 11) is 0. The number of amides is 1. The first-order valence-corrected chi connectivity index (χ1v) is 9.62. The Balaban J connectivity index is 1.44. The fourth-order valence-electron chi connectivity index (χ4n) is 3.72. The molecule has 1 aliphatic rings. The van der Waals surface area contributed by atoms with E-state index in [1.165, 1.54) is 12.3 Å². The molecule has 30 heavy (non-hydrogen) atoms. The number of alkyl halides is 3. The van der Waals surface area contributed by atoms with Gasteiger partial charge in [-0.25, -0.2) is 0 Å². The van der Waals surface area contributed by atoms with E-state index < -0.39 is 11.9 Å². The third-order valence-electron chi connectivity index (χ3n) is 5.32. The Morgan fingerprint density at radius 2 is 1.63 bits per heavy atom. The quantitative estimate of drug-likeness (QED) is 0.654. The fraction of sp³-hybridized carbons (Fsp3) is 0.217. The number of hydrogen-bond acceptors (Lipinski definition) is 3. The number of hydrogen-bond donors (Lipinski definition) is 2. The number of rotatable bonds is 4. The molecule has 4 nitrogen and oxygen atoms in total. The highest BCUT2D eigenvalue weighted by Crippen LogP contribution is 2.31. The molecule has 4 rings (SSSR count). The van der Waals surface area contributed by atoms with E-state index in [9.17, 15) is 18.0 Å². The number of anilines is 1. The van der Waals surface area contributed by atoms with E-state index in [1.54, 1.807) is 24.3 Å². The van der Waals surface area contributed by atoms with E-state index in [-0.39, 0.29) is 17.7 Å². The van der Waals surface area contributed by atoms with Gasteiger partial charge in [0.25, 0.3) is 0 Å². The molecule has 2 atom stereocenters. The van der Waals surface area contributed by atoms with Crippen molar-refractivity contribution in [2.75, 3.05) is 18.4 Å². The number of carbonyl (C=O) groups is 1. The minimum absolute atomic E-state index is 0.0576. The second kappa shape index (κ2) is 8.28. The zero-order valence-corrected chi connectivity index (χ0v) is 16.0. The van der Waals surface area contributed by atoms with Crippen LogP contribution in [0.2, 0.25) is 0 Å². The zero-order chi connectivity index (χ0) is 21.1. The summed E-state index contributed by atoms with van der Waals surface area (Å²) in [5.74, 6) is -0.118. The average molecular weight is 411 g/mol. The summed E-state index contributed by atoms with van der Waals surface area (Å²) >= 11 is 0. The van der Waals surface area contributed by atoms with Crippen LogP contribution in [0.4, 0.5) is 18.9 Å². The van der Waals surface area contributed by atoms with Crippen LogP contribution in [-0.2, 0) is 11.0 Å². The molecule has 0 bridgehead atoms. The maximum Gasteiger partial charge on any atom is 0.433 e. The van der Waals surface area contributed by atoms with Crippen LogP contribution in [0.3, 0.4) is 0 Å². The summed E-state index contributed by atoms with van der Waals surface area (Å²) < 4.78 is 38.0. The Morgan fingerprint density at radius 1 is 0.933 bits per heavy atom. The Kier molecular flexibility index (Phi) is 5.55. The molecule has 1 fully saturated rings. The molecule has 1 saturated heterocycles. The van der Waals surface area contributed by atoms with Crippen molar-refractivity contribution in [2.45, 2.75) is 12.1 Å². The Labute approximate surface area is 172 Å². The maximum atomic E-state index is 12.8. The lowest BCUT2D eigenvalue weighted by Gasteiger charge is -2.18. The molecule has 0 saturated carbocycles. The number of nitrogens with zero attached hydrogens (tertiary/aromatic N) is 1. The molecular formula is C23H20F3N3O. The van der Waals surface area contributed by atoms with Crippen LogP contribution >= 0.6 is 0 Å². The van der Waals surface area contributed by atoms with Gasteiger partial charge in [0.15, 0.2) is 0 Å². The molecule has 1 aromatic heterocycles. The summed E-state index contributed by atoms with van der Waals surface area (Å²) in [5.41, 5.74) is 2.15. The van der Waals surface area contributed by atoms with Gasteiger partial charge < -0.3 is 10.6 Å². The van der Waals surface area contributed by atoms with Gasteiger partial charge in [-0.1, -0.05) is 48.5 Å². The number of benzene rings is 2. The first kappa shape index (κ1) is 20.1. The smallest absolute Gasteiger partial charge is 0.326 e. The molecule has 0 spiro atoms. The fourth-order valence-corrected chi connectivity index (χ4v) is 3.72. The van der Waals surface area contributed by atoms with Gasteiger partial charge in [-0.15, -0.1) is 0 Å². The van der Waals surface area contributed by atoms with E-state index in [1.807, 2.05) is 30.3 Å². The standard InChI is InChI=1S/C23H20F3N3O/c24-23(25,26)21-11-8-17(12-28-21)15-6-9-18(10-7-15)29-22(30)20-14-27-13-19(20)16-4-2-1-3-5-16/h1-12,19-20,27H,13-14H2,(H,29,30). The first-order chi connectivity index (χ1) is 14.4. The lowest BCUT2D eigenvalue weighted by Crippen LogP contribution is -2.28. The van der Waals surface area contributed by atoms with E-state index in [0.717, 1.165) is 23.7 Å². The summed E-state index contributed by atoms with van der Waals surface area (Å²) in [6, 6.07) is 19.3. The minimum atomic E-state index is -4.46. The highest BCUT2D eigenvalue weighted by Gasteiger charge is 2.34. The number of nitrogens with one attached hydrogen (secondary N) is 2. The summed E-state index contributed by atoms with van der Waals surface area (Å²) in [4.78, 5) is 16.3. The molecule has 2 N–H and O–H groups in total. The van der Waals surface area contributed by atoms with E-state index in [0.29, 0.717) is 17.8 Å². The predicted molar refractivity (Wildman–Crippen MR) is 109 cm³/mol. The maximum absolute atomic E-state index is 12.8. The molecule has 2 aromatic carbocycles. The Morgan fingerprint density at radius 3 is 2.27 bits per heavy atom. The van der Waals surface area contributed by atoms with Gasteiger partial charge in [0.1, 0.15) is 5.69 Å². The molecule has 3 aromatic rings. The highest BCUT2D eigenvalue weighted by atomic mass is 19.4. The van der Waals surface area contributed by atoms with Crippen molar-refractivity contribution in [3.8, 4) is 11.1 Å². The van der Waals surface area contributed by atoms with Crippen molar-refractivity contribution < 1.29 is 18.0 Å². The normalized spacial score (nSPS) is 18.9. The molecule has 1 aliphatic heterocycles. The van der Waals surface area contributed by atoms with Crippen LogP contribution in [0.15, 0.2) is 72.9 Å². The summed E-state index contributed by atoms with van der Waals surface area (Å²) in [6.45, 7) is 1.36. The molecule has 1 amide bonds. The molecule has 7 heteroatoms. The molecule has 154 valence electrons. The summed E-state index contributed by atoms with van der Waals surface area (Å²) in [6.07, 6.45) is -3.26. The van der Waals surface area contributed by atoms with Gasteiger partial charge in [0, 0.05) is 36.5 Å². The Bertz CT molecular complexity index is 1000. The molecular weight excluding hydrogens is 391 g/mol. The van der Waals surface area contributed by atoms with Gasteiger partial charge in [0.2, 0.25) is 5.91 Å². The third kappa shape index (κ3) is 4.36. The SMILES string of the molecule is O=C(Nc1ccc(-c2ccc(C(F)(F)F)nc2)cc1)C1CNCC1c1ccccc1. The minimum Gasteiger partial charge on any atom is -0.326 e. The van der Waals surface area contributed by atoms with Gasteiger partial charge >= 0.3 is 6.18 Å². The second-order valence-electron chi connectivity index (χ2n) is 7.28. The first-order valence-electron chi connectivity index (χ1n) is 9.62. The van der Waals surface area contributed by atoms with Gasteiger partial charge in [-0.3, -0.25) is 9.78 Å². The number of carbonyl (C=O) groups excluding carboxylic acids is 1. The molecule has 2 heterocycles.